The molecule has 0 aromatic carbocycles. The number of hydrogen-bond acceptors (Lipinski definition) is 2. The molecule has 2 nitrogen and oxygen atoms in total. The van der Waals surface area contributed by atoms with Gasteiger partial charge in [-0.25, -0.2) is 0 Å². The van der Waals surface area contributed by atoms with E-state index in [0.717, 1.165) is 6.54 Å². The Hall–Kier alpha value is -0.0800. The second-order valence-electron chi connectivity index (χ2n) is 3.84. The summed E-state index contributed by atoms with van der Waals surface area (Å²) >= 11 is 0. The van der Waals surface area contributed by atoms with Crippen LogP contribution in [0.3, 0.4) is 0 Å². The fourth-order valence-corrected chi connectivity index (χ4v) is 0.717. The van der Waals surface area contributed by atoms with Crippen LogP contribution in [0, 0.1) is 5.92 Å². The van der Waals surface area contributed by atoms with E-state index in [4.69, 9.17) is 0 Å². The quantitative estimate of drug-likeness (QED) is 0.669. The van der Waals surface area contributed by atoms with Gasteiger partial charge in [-0.2, -0.15) is 0 Å². The molecule has 0 aromatic rings. The summed E-state index contributed by atoms with van der Waals surface area (Å²) in [5, 5.41) is 9.50. The van der Waals surface area contributed by atoms with Crippen LogP contribution in [0.5, 0.6) is 0 Å². The van der Waals surface area contributed by atoms with Crippen molar-refractivity contribution in [3.63, 3.8) is 0 Å². The first-order chi connectivity index (χ1) is 4.95. The average molecular weight is 159 g/mol. The molecule has 0 bridgehead atoms. The molecule has 68 valence electrons. The lowest BCUT2D eigenvalue weighted by molar-refractivity contribution is 0.0758. The standard InChI is InChI=1S/C9H21NO/c1-7(2)9(11)6-10(5)8(3)4/h7-9,11H,6H2,1-5H3. The number of rotatable bonds is 4. The second-order valence-corrected chi connectivity index (χ2v) is 3.84. The molecule has 2 heteroatoms. The SMILES string of the molecule is CC(C)C(O)CN(C)C(C)C. The van der Waals surface area contributed by atoms with Crippen molar-refractivity contribution in [2.24, 2.45) is 5.92 Å². The van der Waals surface area contributed by atoms with Crippen LogP contribution in [0.15, 0.2) is 0 Å². The number of aliphatic hydroxyl groups is 1. The topological polar surface area (TPSA) is 23.5 Å². The molecule has 0 aliphatic heterocycles. The van der Waals surface area contributed by atoms with E-state index in [9.17, 15) is 5.11 Å². The third-order valence-electron chi connectivity index (χ3n) is 2.13. The van der Waals surface area contributed by atoms with Gasteiger partial charge in [0.1, 0.15) is 0 Å². The van der Waals surface area contributed by atoms with Gasteiger partial charge in [0, 0.05) is 12.6 Å². The van der Waals surface area contributed by atoms with Gasteiger partial charge in [0.05, 0.1) is 6.10 Å². The molecule has 0 spiro atoms. The maximum Gasteiger partial charge on any atom is 0.0689 e. The Morgan fingerprint density at radius 3 is 1.91 bits per heavy atom. The molecule has 0 aliphatic carbocycles. The third kappa shape index (κ3) is 4.38. The smallest absolute Gasteiger partial charge is 0.0689 e. The minimum Gasteiger partial charge on any atom is -0.392 e. The van der Waals surface area contributed by atoms with E-state index >= 15 is 0 Å². The minimum absolute atomic E-state index is 0.192. The summed E-state index contributed by atoms with van der Waals surface area (Å²) in [6, 6.07) is 0.517. The molecule has 0 fully saturated rings. The molecule has 0 amide bonds. The Kier molecular flexibility index (Phi) is 4.69. The Morgan fingerprint density at radius 2 is 1.64 bits per heavy atom. The van der Waals surface area contributed by atoms with E-state index in [2.05, 4.69) is 18.7 Å². The lowest BCUT2D eigenvalue weighted by Crippen LogP contribution is -2.36. The Labute approximate surface area is 70.2 Å². The van der Waals surface area contributed by atoms with Gasteiger partial charge in [-0.1, -0.05) is 13.8 Å². The zero-order valence-electron chi connectivity index (χ0n) is 8.33. The predicted molar refractivity (Wildman–Crippen MR) is 48.6 cm³/mol. The molecule has 11 heavy (non-hydrogen) atoms. The van der Waals surface area contributed by atoms with Crippen LogP contribution in [0.2, 0.25) is 0 Å². The van der Waals surface area contributed by atoms with Gasteiger partial charge in [-0.15, -0.1) is 0 Å². The number of nitrogens with zero attached hydrogens (tertiary/aromatic N) is 1. The van der Waals surface area contributed by atoms with Crippen molar-refractivity contribution in [1.29, 1.82) is 0 Å². The minimum atomic E-state index is -0.192. The van der Waals surface area contributed by atoms with Gasteiger partial charge in [0.25, 0.3) is 0 Å². The number of aliphatic hydroxyl groups excluding tert-OH is 1. The first kappa shape index (κ1) is 10.9. The van der Waals surface area contributed by atoms with Crippen molar-refractivity contribution in [3.05, 3.63) is 0 Å². The van der Waals surface area contributed by atoms with Crippen LogP contribution < -0.4 is 0 Å². The highest BCUT2D eigenvalue weighted by Gasteiger charge is 2.13. The Bertz CT molecular complexity index is 89.7. The van der Waals surface area contributed by atoms with Gasteiger partial charge >= 0.3 is 0 Å². The third-order valence-corrected chi connectivity index (χ3v) is 2.13. The lowest BCUT2D eigenvalue weighted by atomic mass is 10.1. The zero-order chi connectivity index (χ0) is 9.02. The highest BCUT2D eigenvalue weighted by atomic mass is 16.3. The van der Waals surface area contributed by atoms with Crippen LogP contribution in [-0.4, -0.2) is 35.7 Å². The fourth-order valence-electron chi connectivity index (χ4n) is 0.717. The van der Waals surface area contributed by atoms with Crippen molar-refractivity contribution in [1.82, 2.24) is 4.90 Å². The summed E-state index contributed by atoms with van der Waals surface area (Å²) in [5.41, 5.74) is 0. The summed E-state index contributed by atoms with van der Waals surface area (Å²) < 4.78 is 0. The van der Waals surface area contributed by atoms with E-state index in [1.54, 1.807) is 0 Å². The Balaban J connectivity index is 3.66. The highest BCUT2D eigenvalue weighted by molar-refractivity contribution is 4.66. The summed E-state index contributed by atoms with van der Waals surface area (Å²) in [7, 11) is 2.04. The molecule has 1 N–H and O–H groups in total. The molecule has 0 heterocycles. The van der Waals surface area contributed by atoms with Crippen molar-refractivity contribution in [2.75, 3.05) is 13.6 Å². The predicted octanol–water partition coefficient (Wildman–Crippen LogP) is 1.34. The van der Waals surface area contributed by atoms with E-state index in [-0.39, 0.29) is 6.10 Å². The van der Waals surface area contributed by atoms with Gasteiger partial charge in [0.15, 0.2) is 0 Å². The molecule has 1 atom stereocenters. The van der Waals surface area contributed by atoms with Gasteiger partial charge in [-0.3, -0.25) is 0 Å². The molecule has 1 unspecified atom stereocenters. The van der Waals surface area contributed by atoms with Gasteiger partial charge in [-0.05, 0) is 26.8 Å². The van der Waals surface area contributed by atoms with Crippen LogP contribution in [0.25, 0.3) is 0 Å². The van der Waals surface area contributed by atoms with Crippen LogP contribution in [-0.2, 0) is 0 Å². The summed E-state index contributed by atoms with van der Waals surface area (Å²) in [6.07, 6.45) is -0.192. The maximum absolute atomic E-state index is 9.50. The Morgan fingerprint density at radius 1 is 1.18 bits per heavy atom. The summed E-state index contributed by atoms with van der Waals surface area (Å²) in [6.45, 7) is 9.12. The van der Waals surface area contributed by atoms with E-state index in [1.807, 2.05) is 20.9 Å². The lowest BCUT2D eigenvalue weighted by Gasteiger charge is -2.25. The summed E-state index contributed by atoms with van der Waals surface area (Å²) in [4.78, 5) is 2.16. The van der Waals surface area contributed by atoms with Crippen molar-refractivity contribution >= 4 is 0 Å². The molecule has 0 aliphatic rings. The zero-order valence-corrected chi connectivity index (χ0v) is 8.33. The van der Waals surface area contributed by atoms with Crippen LogP contribution in [0.4, 0.5) is 0 Å². The first-order valence-electron chi connectivity index (χ1n) is 4.33. The molecule has 0 aromatic heterocycles. The summed E-state index contributed by atoms with van der Waals surface area (Å²) in [5.74, 6) is 0.358. The molecule has 0 saturated carbocycles. The molecule has 0 rings (SSSR count). The largest absolute Gasteiger partial charge is 0.392 e. The van der Waals surface area contributed by atoms with Gasteiger partial charge < -0.3 is 10.0 Å². The number of hydrogen-bond donors (Lipinski definition) is 1. The van der Waals surface area contributed by atoms with Crippen LogP contribution >= 0.6 is 0 Å². The average Bonchev–Trinajstić information content (AvgIpc) is 1.87. The first-order valence-corrected chi connectivity index (χ1v) is 4.33. The molecule has 0 radical (unpaired) electrons. The molecular formula is C9H21NO. The van der Waals surface area contributed by atoms with Crippen LogP contribution in [0.1, 0.15) is 27.7 Å². The monoisotopic (exact) mass is 159 g/mol. The van der Waals surface area contributed by atoms with Crippen molar-refractivity contribution < 1.29 is 5.11 Å². The van der Waals surface area contributed by atoms with Crippen molar-refractivity contribution in [3.8, 4) is 0 Å². The van der Waals surface area contributed by atoms with Gasteiger partial charge in [0.2, 0.25) is 0 Å². The highest BCUT2D eigenvalue weighted by Crippen LogP contribution is 2.04. The maximum atomic E-state index is 9.50. The molecular weight excluding hydrogens is 138 g/mol. The number of likely N-dealkylation sites (N-methyl/N-ethyl adjacent to an activating group) is 1. The van der Waals surface area contributed by atoms with E-state index in [1.165, 1.54) is 0 Å². The fraction of sp³-hybridized carbons (Fsp3) is 1.00. The normalized spacial score (nSPS) is 15.0. The van der Waals surface area contributed by atoms with E-state index < -0.39 is 0 Å². The molecule has 0 saturated heterocycles. The second kappa shape index (κ2) is 4.73. The van der Waals surface area contributed by atoms with Crippen molar-refractivity contribution in [2.45, 2.75) is 39.8 Å². The van der Waals surface area contributed by atoms with E-state index in [0.29, 0.717) is 12.0 Å².